The summed E-state index contributed by atoms with van der Waals surface area (Å²) in [5.41, 5.74) is 4.40. The fraction of sp³-hybridized carbons (Fsp3) is 0.174. The average Bonchev–Trinajstić information content (AvgIpc) is 3.08. The number of hydrogen-bond donors (Lipinski definition) is 2. The molecule has 0 unspecified atom stereocenters. The van der Waals surface area contributed by atoms with Gasteiger partial charge in [0.1, 0.15) is 17.3 Å². The Hall–Kier alpha value is -3.47. The Morgan fingerprint density at radius 2 is 1.79 bits per heavy atom. The summed E-state index contributed by atoms with van der Waals surface area (Å²) in [6, 6.07) is 19.9. The SMILES string of the molecule is COc1ccc([C@@H](Nc2ccccn2)c2c(C)[nH]c3ccccc23)c(OC)c1. The van der Waals surface area contributed by atoms with Crippen LogP contribution in [0.1, 0.15) is 22.9 Å². The van der Waals surface area contributed by atoms with Gasteiger partial charge in [-0.15, -0.1) is 0 Å². The highest BCUT2D eigenvalue weighted by Gasteiger charge is 2.24. The highest BCUT2D eigenvalue weighted by molar-refractivity contribution is 5.86. The number of nitrogens with zero attached hydrogens (tertiary/aromatic N) is 1. The molecule has 2 aromatic carbocycles. The average molecular weight is 373 g/mol. The van der Waals surface area contributed by atoms with E-state index in [1.54, 1.807) is 20.4 Å². The number of pyridine rings is 1. The van der Waals surface area contributed by atoms with E-state index in [1.807, 2.05) is 42.5 Å². The molecule has 0 aliphatic rings. The van der Waals surface area contributed by atoms with E-state index in [-0.39, 0.29) is 6.04 Å². The third-order valence-electron chi connectivity index (χ3n) is 4.94. The lowest BCUT2D eigenvalue weighted by Gasteiger charge is -2.23. The molecule has 2 heterocycles. The van der Waals surface area contributed by atoms with Gasteiger partial charge in [0.15, 0.2) is 0 Å². The summed E-state index contributed by atoms with van der Waals surface area (Å²) in [7, 11) is 3.33. The van der Waals surface area contributed by atoms with E-state index in [9.17, 15) is 0 Å². The standard InChI is InChI=1S/C23H23N3O2/c1-15-22(17-8-4-5-9-19(17)25-15)23(26-21-10-6-7-13-24-21)18-12-11-16(27-2)14-20(18)28-3/h4-14,23,25H,1-3H3,(H,24,26)/t23-/m1/s1. The van der Waals surface area contributed by atoms with E-state index in [1.165, 1.54) is 10.9 Å². The van der Waals surface area contributed by atoms with Crippen molar-refractivity contribution in [1.29, 1.82) is 0 Å². The van der Waals surface area contributed by atoms with E-state index >= 15 is 0 Å². The Morgan fingerprint density at radius 3 is 2.54 bits per heavy atom. The van der Waals surface area contributed by atoms with Crippen LogP contribution < -0.4 is 14.8 Å². The number of hydrogen-bond acceptors (Lipinski definition) is 4. The van der Waals surface area contributed by atoms with Gasteiger partial charge in [-0.25, -0.2) is 4.98 Å². The summed E-state index contributed by atoms with van der Waals surface area (Å²) in [6.07, 6.45) is 1.78. The summed E-state index contributed by atoms with van der Waals surface area (Å²) in [5.74, 6) is 2.32. The number of fused-ring (bicyclic) bond motifs is 1. The predicted molar refractivity (Wildman–Crippen MR) is 112 cm³/mol. The van der Waals surface area contributed by atoms with Crippen molar-refractivity contribution in [3.8, 4) is 11.5 Å². The van der Waals surface area contributed by atoms with Crippen LogP contribution in [0.5, 0.6) is 11.5 Å². The van der Waals surface area contributed by atoms with E-state index in [0.29, 0.717) is 0 Å². The maximum atomic E-state index is 5.71. The van der Waals surface area contributed by atoms with Gasteiger partial charge in [0, 0.05) is 40.0 Å². The van der Waals surface area contributed by atoms with Crippen LogP contribution in [-0.2, 0) is 0 Å². The number of methoxy groups -OCH3 is 2. The van der Waals surface area contributed by atoms with Gasteiger partial charge in [-0.05, 0) is 37.3 Å². The van der Waals surface area contributed by atoms with Crippen LogP contribution in [0.15, 0.2) is 66.9 Å². The molecule has 0 amide bonds. The number of H-pyrrole nitrogens is 1. The highest BCUT2D eigenvalue weighted by atomic mass is 16.5. The molecule has 4 aromatic rings. The lowest BCUT2D eigenvalue weighted by Crippen LogP contribution is -2.15. The second-order valence-electron chi connectivity index (χ2n) is 6.61. The number of ether oxygens (including phenoxy) is 2. The van der Waals surface area contributed by atoms with Crippen molar-refractivity contribution in [1.82, 2.24) is 9.97 Å². The van der Waals surface area contributed by atoms with Crippen molar-refractivity contribution >= 4 is 16.7 Å². The zero-order valence-electron chi connectivity index (χ0n) is 16.2. The first-order chi connectivity index (χ1) is 13.7. The van der Waals surface area contributed by atoms with E-state index in [4.69, 9.17) is 9.47 Å². The van der Waals surface area contributed by atoms with Crippen molar-refractivity contribution in [2.45, 2.75) is 13.0 Å². The molecule has 0 spiro atoms. The molecule has 2 N–H and O–H groups in total. The van der Waals surface area contributed by atoms with Crippen molar-refractivity contribution in [2.24, 2.45) is 0 Å². The molecule has 28 heavy (non-hydrogen) atoms. The summed E-state index contributed by atoms with van der Waals surface area (Å²) >= 11 is 0. The Bertz CT molecular complexity index is 1090. The Balaban J connectivity index is 1.91. The highest BCUT2D eigenvalue weighted by Crippen LogP contribution is 2.39. The van der Waals surface area contributed by atoms with Crippen molar-refractivity contribution in [3.63, 3.8) is 0 Å². The molecular formula is C23H23N3O2. The van der Waals surface area contributed by atoms with Gasteiger partial charge in [0.05, 0.1) is 20.3 Å². The van der Waals surface area contributed by atoms with Crippen LogP contribution >= 0.6 is 0 Å². The molecule has 0 bridgehead atoms. The number of benzene rings is 2. The molecule has 4 rings (SSSR count). The quantitative estimate of drug-likeness (QED) is 0.494. The molecule has 1 atom stereocenters. The lowest BCUT2D eigenvalue weighted by molar-refractivity contribution is 0.390. The van der Waals surface area contributed by atoms with E-state index < -0.39 is 0 Å². The molecule has 0 fully saturated rings. The third-order valence-corrected chi connectivity index (χ3v) is 4.94. The van der Waals surface area contributed by atoms with Crippen molar-refractivity contribution in [3.05, 3.63) is 83.7 Å². The van der Waals surface area contributed by atoms with Gasteiger partial charge in [-0.1, -0.05) is 24.3 Å². The van der Waals surface area contributed by atoms with Gasteiger partial charge in [0.25, 0.3) is 0 Å². The molecule has 0 saturated heterocycles. The monoisotopic (exact) mass is 373 g/mol. The molecule has 2 aromatic heterocycles. The van der Waals surface area contributed by atoms with Gasteiger partial charge in [-0.2, -0.15) is 0 Å². The van der Waals surface area contributed by atoms with Gasteiger partial charge >= 0.3 is 0 Å². The van der Waals surface area contributed by atoms with Gasteiger partial charge < -0.3 is 19.8 Å². The second-order valence-corrected chi connectivity index (χ2v) is 6.61. The number of aromatic amines is 1. The Morgan fingerprint density at radius 1 is 0.964 bits per heavy atom. The number of aryl methyl sites for hydroxylation is 1. The topological polar surface area (TPSA) is 59.2 Å². The number of anilines is 1. The molecule has 5 heteroatoms. The van der Waals surface area contributed by atoms with Crippen LogP contribution in [0, 0.1) is 6.92 Å². The zero-order valence-corrected chi connectivity index (χ0v) is 16.2. The van der Waals surface area contributed by atoms with Crippen LogP contribution in [0.25, 0.3) is 10.9 Å². The third kappa shape index (κ3) is 3.27. The van der Waals surface area contributed by atoms with Crippen LogP contribution in [0.2, 0.25) is 0 Å². The smallest absolute Gasteiger partial charge is 0.128 e. The van der Waals surface area contributed by atoms with Crippen molar-refractivity contribution in [2.75, 3.05) is 19.5 Å². The van der Waals surface area contributed by atoms with Crippen LogP contribution in [0.3, 0.4) is 0 Å². The minimum atomic E-state index is -0.146. The molecule has 142 valence electrons. The summed E-state index contributed by atoms with van der Waals surface area (Å²) in [4.78, 5) is 7.96. The first kappa shape index (κ1) is 17.9. The van der Waals surface area contributed by atoms with E-state index in [2.05, 4.69) is 40.4 Å². The van der Waals surface area contributed by atoms with Gasteiger partial charge in [-0.3, -0.25) is 0 Å². The van der Waals surface area contributed by atoms with Crippen LogP contribution in [0.4, 0.5) is 5.82 Å². The van der Waals surface area contributed by atoms with Crippen LogP contribution in [-0.4, -0.2) is 24.2 Å². The first-order valence-electron chi connectivity index (χ1n) is 9.18. The largest absolute Gasteiger partial charge is 0.497 e. The number of nitrogens with one attached hydrogen (secondary N) is 2. The predicted octanol–water partition coefficient (Wildman–Crippen LogP) is 5.09. The number of rotatable bonds is 6. The molecule has 0 radical (unpaired) electrons. The Labute approximate surface area is 164 Å². The zero-order chi connectivity index (χ0) is 19.5. The first-order valence-corrected chi connectivity index (χ1v) is 9.18. The minimum Gasteiger partial charge on any atom is -0.497 e. The molecule has 0 aliphatic heterocycles. The van der Waals surface area contributed by atoms with Crippen molar-refractivity contribution < 1.29 is 9.47 Å². The Kier molecular flexibility index (Phi) is 4.89. The minimum absolute atomic E-state index is 0.146. The van der Waals surface area contributed by atoms with Gasteiger partial charge in [0.2, 0.25) is 0 Å². The number of para-hydroxylation sites is 1. The fourth-order valence-electron chi connectivity index (χ4n) is 3.63. The molecule has 0 aliphatic carbocycles. The maximum absolute atomic E-state index is 5.71. The summed E-state index contributed by atoms with van der Waals surface area (Å²) in [5, 5.41) is 4.76. The lowest BCUT2D eigenvalue weighted by atomic mass is 9.95. The summed E-state index contributed by atoms with van der Waals surface area (Å²) < 4.78 is 11.1. The summed E-state index contributed by atoms with van der Waals surface area (Å²) in [6.45, 7) is 2.10. The molecule has 0 saturated carbocycles. The normalized spacial score (nSPS) is 12.0. The maximum Gasteiger partial charge on any atom is 0.128 e. The van der Waals surface area contributed by atoms with E-state index in [0.717, 1.165) is 34.1 Å². The molecular weight excluding hydrogens is 350 g/mol. The number of aromatic nitrogens is 2. The second kappa shape index (κ2) is 7.64. The molecule has 5 nitrogen and oxygen atoms in total. The fourth-order valence-corrected chi connectivity index (χ4v) is 3.63.